The molecule has 120 valence electrons. The third kappa shape index (κ3) is 4.35. The number of hydrogen-bond acceptors (Lipinski definition) is 2. The molecule has 2 rings (SSSR count). The van der Waals surface area contributed by atoms with E-state index < -0.39 is 5.97 Å². The maximum atomic E-state index is 12.5. The molecule has 5 nitrogen and oxygen atoms in total. The standard InChI is InChI=1S/C16H28N2O3/c1-2-5-14-6-3-4-11-18(14)16(21)17-13-9-7-12(8-10-13)15(19)20/h12-14H,2-11H2,1H3,(H,17,21)(H,19,20). The molecule has 5 heteroatoms. The molecule has 2 N–H and O–H groups in total. The highest BCUT2D eigenvalue weighted by molar-refractivity contribution is 5.75. The first-order chi connectivity index (χ1) is 10.1. The number of carboxylic acid groups (broad SMARTS) is 1. The molecule has 0 aromatic carbocycles. The minimum atomic E-state index is -0.696. The van der Waals surface area contributed by atoms with Crippen LogP contribution in [0.15, 0.2) is 0 Å². The normalized spacial score (nSPS) is 30.0. The first kappa shape index (κ1) is 16.1. The second-order valence-electron chi connectivity index (χ2n) is 6.47. The van der Waals surface area contributed by atoms with Crippen molar-refractivity contribution in [3.05, 3.63) is 0 Å². The van der Waals surface area contributed by atoms with Crippen LogP contribution in [0.1, 0.15) is 64.7 Å². The largest absolute Gasteiger partial charge is 0.481 e. The lowest BCUT2D eigenvalue weighted by Gasteiger charge is -2.37. The first-order valence-electron chi connectivity index (χ1n) is 8.41. The highest BCUT2D eigenvalue weighted by atomic mass is 16.4. The number of carbonyl (C=O) groups excluding carboxylic acids is 1. The molecule has 1 heterocycles. The lowest BCUT2D eigenvalue weighted by atomic mass is 9.86. The molecule has 0 radical (unpaired) electrons. The molecule has 21 heavy (non-hydrogen) atoms. The lowest BCUT2D eigenvalue weighted by Crippen LogP contribution is -2.51. The van der Waals surface area contributed by atoms with Crippen LogP contribution in [0.5, 0.6) is 0 Å². The van der Waals surface area contributed by atoms with Gasteiger partial charge in [0.1, 0.15) is 0 Å². The number of likely N-dealkylation sites (tertiary alicyclic amines) is 1. The van der Waals surface area contributed by atoms with Crippen LogP contribution in [-0.2, 0) is 4.79 Å². The summed E-state index contributed by atoms with van der Waals surface area (Å²) in [6.07, 6.45) is 8.56. The van der Waals surface area contributed by atoms with Crippen LogP contribution >= 0.6 is 0 Å². The van der Waals surface area contributed by atoms with Gasteiger partial charge in [0.05, 0.1) is 5.92 Å². The van der Waals surface area contributed by atoms with Crippen LogP contribution in [0.2, 0.25) is 0 Å². The van der Waals surface area contributed by atoms with Crippen LogP contribution in [0.4, 0.5) is 4.79 Å². The minimum Gasteiger partial charge on any atom is -0.481 e. The number of nitrogens with one attached hydrogen (secondary N) is 1. The van der Waals surface area contributed by atoms with Crippen molar-refractivity contribution in [1.82, 2.24) is 10.2 Å². The van der Waals surface area contributed by atoms with Crippen molar-refractivity contribution in [1.29, 1.82) is 0 Å². The summed E-state index contributed by atoms with van der Waals surface area (Å²) in [6, 6.07) is 0.600. The maximum Gasteiger partial charge on any atom is 0.317 e. The Balaban J connectivity index is 1.82. The molecule has 0 spiro atoms. The van der Waals surface area contributed by atoms with Crippen LogP contribution < -0.4 is 5.32 Å². The Bertz CT molecular complexity index is 363. The number of hydrogen-bond donors (Lipinski definition) is 2. The molecule has 0 aromatic heterocycles. The molecule has 1 saturated heterocycles. The Hall–Kier alpha value is -1.26. The molecule has 1 saturated carbocycles. The molecule has 2 amide bonds. The fourth-order valence-corrected chi connectivity index (χ4v) is 3.64. The second kappa shape index (κ2) is 7.66. The smallest absolute Gasteiger partial charge is 0.317 e. The average molecular weight is 296 g/mol. The van der Waals surface area contributed by atoms with Crippen LogP contribution in [0, 0.1) is 5.92 Å². The van der Waals surface area contributed by atoms with Crippen molar-refractivity contribution in [3.63, 3.8) is 0 Å². The van der Waals surface area contributed by atoms with E-state index in [1.807, 2.05) is 4.90 Å². The summed E-state index contributed by atoms with van der Waals surface area (Å²) in [5.41, 5.74) is 0. The van der Waals surface area contributed by atoms with Gasteiger partial charge in [-0.2, -0.15) is 0 Å². The van der Waals surface area contributed by atoms with Gasteiger partial charge in [-0.3, -0.25) is 4.79 Å². The van der Waals surface area contributed by atoms with E-state index in [-0.39, 0.29) is 18.0 Å². The first-order valence-corrected chi connectivity index (χ1v) is 8.41. The summed E-state index contributed by atoms with van der Waals surface area (Å²) < 4.78 is 0. The Morgan fingerprint density at radius 2 is 1.86 bits per heavy atom. The molecule has 2 aliphatic rings. The Morgan fingerprint density at radius 3 is 2.48 bits per heavy atom. The van der Waals surface area contributed by atoms with Crippen LogP contribution in [0.25, 0.3) is 0 Å². The van der Waals surface area contributed by atoms with Crippen molar-refractivity contribution in [2.75, 3.05) is 6.54 Å². The van der Waals surface area contributed by atoms with Gasteiger partial charge in [-0.1, -0.05) is 13.3 Å². The Morgan fingerprint density at radius 1 is 1.14 bits per heavy atom. The Kier molecular flexibility index (Phi) is 5.88. The van der Waals surface area contributed by atoms with E-state index in [1.165, 1.54) is 6.42 Å². The molecule has 1 aliphatic heterocycles. The van der Waals surface area contributed by atoms with E-state index in [0.29, 0.717) is 18.9 Å². The van der Waals surface area contributed by atoms with E-state index in [1.54, 1.807) is 0 Å². The summed E-state index contributed by atoms with van der Waals surface area (Å²) in [5.74, 6) is -0.917. The van der Waals surface area contributed by atoms with Crippen molar-refractivity contribution >= 4 is 12.0 Å². The number of rotatable bonds is 4. The van der Waals surface area contributed by atoms with Crippen molar-refractivity contribution in [2.45, 2.75) is 76.8 Å². The highest BCUT2D eigenvalue weighted by Gasteiger charge is 2.30. The third-order valence-corrected chi connectivity index (χ3v) is 4.91. The summed E-state index contributed by atoms with van der Waals surface area (Å²) in [4.78, 5) is 25.4. The van der Waals surface area contributed by atoms with E-state index in [9.17, 15) is 9.59 Å². The number of piperidine rings is 1. The zero-order chi connectivity index (χ0) is 15.2. The average Bonchev–Trinajstić information content (AvgIpc) is 2.48. The highest BCUT2D eigenvalue weighted by Crippen LogP contribution is 2.25. The van der Waals surface area contributed by atoms with Gasteiger partial charge in [-0.25, -0.2) is 4.79 Å². The minimum absolute atomic E-state index is 0.0620. The summed E-state index contributed by atoms with van der Waals surface area (Å²) in [7, 11) is 0. The number of nitrogens with zero attached hydrogens (tertiary/aromatic N) is 1. The van der Waals surface area contributed by atoms with E-state index in [4.69, 9.17) is 5.11 Å². The molecule has 1 unspecified atom stereocenters. The summed E-state index contributed by atoms with van der Waals surface area (Å²) in [5, 5.41) is 12.1. The Labute approximate surface area is 127 Å². The van der Waals surface area contributed by atoms with Crippen molar-refractivity contribution in [3.8, 4) is 0 Å². The molecular formula is C16H28N2O3. The SMILES string of the molecule is CCCC1CCCCN1C(=O)NC1CCC(C(=O)O)CC1. The molecule has 0 bridgehead atoms. The second-order valence-corrected chi connectivity index (χ2v) is 6.47. The number of carbonyl (C=O) groups is 2. The molecule has 1 atom stereocenters. The predicted octanol–water partition coefficient (Wildman–Crippen LogP) is 2.99. The molecule has 2 fully saturated rings. The van der Waals surface area contributed by atoms with Gasteiger partial charge >= 0.3 is 12.0 Å². The number of urea groups is 1. The maximum absolute atomic E-state index is 12.5. The monoisotopic (exact) mass is 296 g/mol. The van der Waals surface area contributed by atoms with Gasteiger partial charge in [0, 0.05) is 18.6 Å². The topological polar surface area (TPSA) is 69.6 Å². The summed E-state index contributed by atoms with van der Waals surface area (Å²) >= 11 is 0. The number of aliphatic carboxylic acids is 1. The van der Waals surface area contributed by atoms with Gasteiger partial charge < -0.3 is 15.3 Å². The predicted molar refractivity (Wildman–Crippen MR) is 81.2 cm³/mol. The molecule has 0 aromatic rings. The number of amides is 2. The van der Waals surface area contributed by atoms with Crippen molar-refractivity contribution < 1.29 is 14.7 Å². The quantitative estimate of drug-likeness (QED) is 0.838. The van der Waals surface area contributed by atoms with Gasteiger partial charge in [-0.15, -0.1) is 0 Å². The van der Waals surface area contributed by atoms with E-state index in [0.717, 1.165) is 45.1 Å². The molecular weight excluding hydrogens is 268 g/mol. The zero-order valence-corrected chi connectivity index (χ0v) is 13.0. The van der Waals surface area contributed by atoms with Gasteiger partial charge in [0.2, 0.25) is 0 Å². The molecule has 1 aliphatic carbocycles. The fraction of sp³-hybridized carbons (Fsp3) is 0.875. The van der Waals surface area contributed by atoms with Crippen LogP contribution in [0.3, 0.4) is 0 Å². The number of carboxylic acids is 1. The fourth-order valence-electron chi connectivity index (χ4n) is 3.64. The van der Waals surface area contributed by atoms with Gasteiger partial charge in [-0.05, 0) is 51.4 Å². The van der Waals surface area contributed by atoms with E-state index >= 15 is 0 Å². The third-order valence-electron chi connectivity index (χ3n) is 4.91. The summed E-state index contributed by atoms with van der Waals surface area (Å²) in [6.45, 7) is 3.03. The lowest BCUT2D eigenvalue weighted by molar-refractivity contribution is -0.142. The van der Waals surface area contributed by atoms with Crippen molar-refractivity contribution in [2.24, 2.45) is 5.92 Å². The zero-order valence-electron chi connectivity index (χ0n) is 13.0. The van der Waals surface area contributed by atoms with Crippen LogP contribution in [-0.4, -0.2) is 40.6 Å². The van der Waals surface area contributed by atoms with E-state index in [2.05, 4.69) is 12.2 Å². The van der Waals surface area contributed by atoms with Gasteiger partial charge in [0.15, 0.2) is 0 Å². The van der Waals surface area contributed by atoms with Gasteiger partial charge in [0.25, 0.3) is 0 Å².